The smallest absolute Gasteiger partial charge is 0.313 e. The van der Waals surface area contributed by atoms with Crippen molar-refractivity contribution in [3.63, 3.8) is 0 Å². The number of aliphatic carboxylic acids is 1. The molecule has 2 aromatic rings. The van der Waals surface area contributed by atoms with Gasteiger partial charge in [0.2, 0.25) is 0 Å². The molecule has 0 aliphatic rings. The first-order valence-corrected chi connectivity index (χ1v) is 6.39. The Labute approximate surface area is 109 Å². The van der Waals surface area contributed by atoms with Gasteiger partial charge in [-0.05, 0) is 6.92 Å². The molecular formula is C11H14N4O2S. The van der Waals surface area contributed by atoms with Gasteiger partial charge in [-0.3, -0.25) is 9.48 Å². The van der Waals surface area contributed by atoms with Crippen molar-refractivity contribution in [2.45, 2.75) is 18.6 Å². The maximum atomic E-state index is 10.6. The molecule has 2 aromatic heterocycles. The number of hydrogen-bond acceptors (Lipinski definition) is 4. The van der Waals surface area contributed by atoms with Gasteiger partial charge in [-0.25, -0.2) is 4.98 Å². The van der Waals surface area contributed by atoms with Gasteiger partial charge >= 0.3 is 5.97 Å². The molecule has 18 heavy (non-hydrogen) atoms. The summed E-state index contributed by atoms with van der Waals surface area (Å²) in [5, 5.41) is 13.7. The second kappa shape index (κ2) is 5.26. The van der Waals surface area contributed by atoms with E-state index in [1.807, 2.05) is 30.9 Å². The van der Waals surface area contributed by atoms with E-state index in [4.69, 9.17) is 5.11 Å². The lowest BCUT2D eigenvalue weighted by Crippen LogP contribution is -2.04. The van der Waals surface area contributed by atoms with Crippen molar-refractivity contribution in [2.75, 3.05) is 5.75 Å². The maximum absolute atomic E-state index is 10.6. The van der Waals surface area contributed by atoms with Crippen LogP contribution in [-0.2, 0) is 18.4 Å². The third-order valence-electron chi connectivity index (χ3n) is 2.46. The number of rotatable bonds is 5. The normalized spacial score (nSPS) is 10.8. The summed E-state index contributed by atoms with van der Waals surface area (Å²) >= 11 is 1.22. The van der Waals surface area contributed by atoms with Crippen LogP contribution in [0.15, 0.2) is 23.7 Å². The Kier molecular flexibility index (Phi) is 3.71. The van der Waals surface area contributed by atoms with E-state index in [1.165, 1.54) is 11.8 Å². The van der Waals surface area contributed by atoms with Crippen LogP contribution in [0.4, 0.5) is 0 Å². The SMILES string of the molecule is Cc1nn(C)cc1Cn1ccnc1SCC(=O)O. The predicted octanol–water partition coefficient (Wildman–Crippen LogP) is 1.15. The third-order valence-corrected chi connectivity index (χ3v) is 3.45. The monoisotopic (exact) mass is 266 g/mol. The van der Waals surface area contributed by atoms with Crippen LogP contribution in [0, 0.1) is 6.92 Å². The van der Waals surface area contributed by atoms with E-state index in [2.05, 4.69) is 10.1 Å². The molecular weight excluding hydrogens is 252 g/mol. The van der Waals surface area contributed by atoms with Crippen molar-refractivity contribution in [1.82, 2.24) is 19.3 Å². The van der Waals surface area contributed by atoms with Crippen molar-refractivity contribution < 1.29 is 9.90 Å². The minimum Gasteiger partial charge on any atom is -0.481 e. The Morgan fingerprint density at radius 3 is 2.94 bits per heavy atom. The molecule has 0 aliphatic heterocycles. The molecule has 2 heterocycles. The Balaban J connectivity index is 2.12. The van der Waals surface area contributed by atoms with Gasteiger partial charge in [-0.2, -0.15) is 5.10 Å². The van der Waals surface area contributed by atoms with E-state index >= 15 is 0 Å². The average molecular weight is 266 g/mol. The molecule has 6 nitrogen and oxygen atoms in total. The Morgan fingerprint density at radius 2 is 2.33 bits per heavy atom. The van der Waals surface area contributed by atoms with Gasteiger partial charge in [0, 0.05) is 31.2 Å². The average Bonchev–Trinajstić information content (AvgIpc) is 2.84. The summed E-state index contributed by atoms with van der Waals surface area (Å²) in [7, 11) is 1.88. The van der Waals surface area contributed by atoms with Crippen LogP contribution in [-0.4, -0.2) is 36.2 Å². The van der Waals surface area contributed by atoms with Crippen molar-refractivity contribution in [1.29, 1.82) is 0 Å². The lowest BCUT2D eigenvalue weighted by atomic mass is 10.3. The summed E-state index contributed by atoms with van der Waals surface area (Å²) in [5.74, 6) is -0.824. The first-order chi connectivity index (χ1) is 8.56. The minimum absolute atomic E-state index is 0.0169. The van der Waals surface area contributed by atoms with E-state index in [9.17, 15) is 4.79 Å². The van der Waals surface area contributed by atoms with E-state index in [-0.39, 0.29) is 5.75 Å². The van der Waals surface area contributed by atoms with Gasteiger partial charge in [-0.15, -0.1) is 0 Å². The molecule has 0 spiro atoms. The van der Waals surface area contributed by atoms with E-state index in [1.54, 1.807) is 10.9 Å². The lowest BCUT2D eigenvalue weighted by Gasteiger charge is -2.05. The number of aromatic nitrogens is 4. The second-order valence-electron chi connectivity index (χ2n) is 3.93. The minimum atomic E-state index is -0.841. The Hall–Kier alpha value is -1.76. The highest BCUT2D eigenvalue weighted by Crippen LogP contribution is 2.17. The highest BCUT2D eigenvalue weighted by atomic mass is 32.2. The zero-order valence-electron chi connectivity index (χ0n) is 10.2. The predicted molar refractivity (Wildman–Crippen MR) is 67.6 cm³/mol. The summed E-state index contributed by atoms with van der Waals surface area (Å²) in [6.45, 7) is 2.61. The van der Waals surface area contributed by atoms with Crippen molar-refractivity contribution >= 4 is 17.7 Å². The molecule has 96 valence electrons. The number of nitrogens with zero attached hydrogens (tertiary/aromatic N) is 4. The molecule has 0 aliphatic carbocycles. The molecule has 0 bridgehead atoms. The van der Waals surface area contributed by atoms with Gasteiger partial charge in [0.25, 0.3) is 0 Å². The number of imidazole rings is 1. The largest absolute Gasteiger partial charge is 0.481 e. The summed E-state index contributed by atoms with van der Waals surface area (Å²) in [4.78, 5) is 14.7. The molecule has 0 radical (unpaired) electrons. The molecule has 0 atom stereocenters. The van der Waals surface area contributed by atoms with E-state index in [0.29, 0.717) is 11.7 Å². The standard InChI is InChI=1S/C11H14N4O2S/c1-8-9(5-14(2)13-8)6-15-4-3-12-11(15)18-7-10(16)17/h3-5H,6-7H2,1-2H3,(H,16,17). The molecule has 0 fully saturated rings. The highest BCUT2D eigenvalue weighted by Gasteiger charge is 2.09. The number of hydrogen-bond donors (Lipinski definition) is 1. The summed E-state index contributed by atoms with van der Waals surface area (Å²) in [6.07, 6.45) is 5.48. The summed E-state index contributed by atoms with van der Waals surface area (Å²) in [6, 6.07) is 0. The molecule has 7 heteroatoms. The Bertz CT molecular complexity index is 561. The van der Waals surface area contributed by atoms with Crippen molar-refractivity contribution in [2.24, 2.45) is 7.05 Å². The van der Waals surface area contributed by atoms with Crippen LogP contribution < -0.4 is 0 Å². The lowest BCUT2D eigenvalue weighted by molar-refractivity contribution is -0.133. The van der Waals surface area contributed by atoms with Crippen molar-refractivity contribution in [3.05, 3.63) is 29.8 Å². The van der Waals surface area contributed by atoms with Crippen LogP contribution in [0.2, 0.25) is 0 Å². The third kappa shape index (κ3) is 2.92. The molecule has 2 rings (SSSR count). The molecule has 0 saturated carbocycles. The van der Waals surface area contributed by atoms with Crippen LogP contribution in [0.1, 0.15) is 11.3 Å². The quantitative estimate of drug-likeness (QED) is 0.822. The fourth-order valence-electron chi connectivity index (χ4n) is 1.67. The molecule has 0 unspecified atom stereocenters. The second-order valence-corrected chi connectivity index (χ2v) is 4.88. The molecule has 0 aromatic carbocycles. The molecule has 0 amide bonds. The van der Waals surface area contributed by atoms with Gasteiger partial charge in [-0.1, -0.05) is 11.8 Å². The van der Waals surface area contributed by atoms with Crippen LogP contribution in [0.25, 0.3) is 0 Å². The fourth-order valence-corrected chi connectivity index (χ4v) is 2.35. The van der Waals surface area contributed by atoms with E-state index < -0.39 is 5.97 Å². The number of aryl methyl sites for hydroxylation is 2. The van der Waals surface area contributed by atoms with Gasteiger partial charge in [0.1, 0.15) is 0 Å². The number of carboxylic acids is 1. The van der Waals surface area contributed by atoms with Crippen LogP contribution >= 0.6 is 11.8 Å². The summed E-state index contributed by atoms with van der Waals surface area (Å²) in [5.41, 5.74) is 2.08. The number of thioether (sulfide) groups is 1. The zero-order chi connectivity index (χ0) is 13.1. The molecule has 1 N–H and O–H groups in total. The maximum Gasteiger partial charge on any atom is 0.313 e. The fraction of sp³-hybridized carbons (Fsp3) is 0.364. The first-order valence-electron chi connectivity index (χ1n) is 5.41. The zero-order valence-corrected chi connectivity index (χ0v) is 11.0. The highest BCUT2D eigenvalue weighted by molar-refractivity contribution is 7.99. The van der Waals surface area contributed by atoms with Crippen molar-refractivity contribution in [3.8, 4) is 0 Å². The topological polar surface area (TPSA) is 72.9 Å². The molecule has 0 saturated heterocycles. The number of carbonyl (C=O) groups is 1. The number of carboxylic acid groups (broad SMARTS) is 1. The van der Waals surface area contributed by atoms with Gasteiger partial charge < -0.3 is 9.67 Å². The van der Waals surface area contributed by atoms with Gasteiger partial charge in [0.05, 0.1) is 18.0 Å². The van der Waals surface area contributed by atoms with Gasteiger partial charge in [0.15, 0.2) is 5.16 Å². The Morgan fingerprint density at radius 1 is 1.56 bits per heavy atom. The first kappa shape index (κ1) is 12.7. The summed E-state index contributed by atoms with van der Waals surface area (Å²) < 4.78 is 3.70. The van der Waals surface area contributed by atoms with Crippen LogP contribution in [0.5, 0.6) is 0 Å². The van der Waals surface area contributed by atoms with E-state index in [0.717, 1.165) is 11.3 Å². The van der Waals surface area contributed by atoms with Crippen LogP contribution in [0.3, 0.4) is 0 Å².